The summed E-state index contributed by atoms with van der Waals surface area (Å²) in [5.74, 6) is -2.11. The van der Waals surface area contributed by atoms with E-state index in [9.17, 15) is 28.8 Å². The normalized spacial score (nSPS) is 24.2. The highest BCUT2D eigenvalue weighted by Gasteiger charge is 2.39. The predicted octanol–water partition coefficient (Wildman–Crippen LogP) is 2.79. The number of likely N-dealkylation sites (N-methyl/N-ethyl adjacent to an activating group) is 3. The van der Waals surface area contributed by atoms with E-state index in [1.165, 1.54) is 63.7 Å². The van der Waals surface area contributed by atoms with Crippen LogP contribution in [-0.2, 0) is 54.5 Å². The summed E-state index contributed by atoms with van der Waals surface area (Å²) >= 11 is 0. The molecule has 3 N–H and O–H groups in total. The molecule has 6 amide bonds. The molecule has 0 aliphatic carbocycles. The first kappa shape index (κ1) is 42.2. The van der Waals surface area contributed by atoms with E-state index in [1.807, 2.05) is 24.3 Å². The maximum absolute atomic E-state index is 14.7. The van der Waals surface area contributed by atoms with Crippen LogP contribution in [0.3, 0.4) is 0 Å². The van der Waals surface area contributed by atoms with E-state index < -0.39 is 71.7 Å². The Bertz CT molecular complexity index is 1970. The van der Waals surface area contributed by atoms with Crippen molar-refractivity contribution < 1.29 is 38.2 Å². The van der Waals surface area contributed by atoms with Gasteiger partial charge in [-0.25, -0.2) is 0 Å². The number of carbonyl (C=O) groups excluding carboxylic acids is 6. The largest absolute Gasteiger partial charge is 0.493 e. The third-order valence-corrected chi connectivity index (χ3v) is 10.8. The van der Waals surface area contributed by atoms with Gasteiger partial charge in [-0.3, -0.25) is 28.8 Å². The minimum atomic E-state index is -1.15. The van der Waals surface area contributed by atoms with Gasteiger partial charge in [0.05, 0.1) is 7.11 Å². The van der Waals surface area contributed by atoms with E-state index in [1.54, 1.807) is 42.5 Å². The lowest BCUT2D eigenvalue weighted by Gasteiger charge is -2.36. The Morgan fingerprint density at radius 2 is 1.18 bits per heavy atom. The fraction of sp³-hybridized carbons (Fsp3) is 0.442. The monoisotopic (exact) mass is 782 g/mol. The Balaban J connectivity index is 1.56. The number of nitrogens with one attached hydrogen (secondary N) is 3. The quantitative estimate of drug-likeness (QED) is 0.356. The molecule has 14 heteroatoms. The van der Waals surface area contributed by atoms with Crippen LogP contribution in [0, 0.1) is 0 Å². The Kier molecular flexibility index (Phi) is 13.6. The zero-order valence-electron chi connectivity index (χ0n) is 34.0. The van der Waals surface area contributed by atoms with Gasteiger partial charge in [-0.2, -0.15) is 0 Å². The van der Waals surface area contributed by atoms with Gasteiger partial charge in [-0.1, -0.05) is 55.8 Å². The molecule has 57 heavy (non-hydrogen) atoms. The minimum absolute atomic E-state index is 0.0135. The molecule has 0 radical (unpaired) electrons. The number of methoxy groups -OCH3 is 1. The number of rotatable bonds is 5. The van der Waals surface area contributed by atoms with Gasteiger partial charge >= 0.3 is 0 Å². The maximum Gasteiger partial charge on any atom is 0.246 e. The molecule has 6 rings (SSSR count). The molecule has 3 aromatic carbocycles. The highest BCUT2D eigenvalue weighted by molar-refractivity contribution is 5.98. The van der Waals surface area contributed by atoms with Crippen LogP contribution in [0.15, 0.2) is 66.7 Å². The third-order valence-electron chi connectivity index (χ3n) is 10.8. The molecule has 304 valence electrons. The summed E-state index contributed by atoms with van der Waals surface area (Å²) < 4.78 is 11.7. The average molecular weight is 783 g/mol. The standard InChI is InChI=1S/C43H54N6O8/c1-9-10-28-11-13-29(14-12-28)21-33-40(52)46-27(4)42(54)49(7)35-22-30-15-18-32(19-16-30)57-37-24-31(17-20-36(37)56-8)23-34(48(6)43(35)55)39(51)44-25(2)38(50)45-26(3)41(53)47(33)5/h11-20,24-27,33-35H,9-10,21-23H2,1-8H3,(H,44,51)(H,45,50)(H,46,52)/t25-,26-,27-,33-,34-,35-/m0/s1. The molecule has 0 aromatic heterocycles. The molecule has 3 aromatic rings. The van der Waals surface area contributed by atoms with Crippen molar-refractivity contribution in [3.8, 4) is 17.2 Å². The van der Waals surface area contributed by atoms with Crippen molar-refractivity contribution in [1.82, 2.24) is 30.7 Å². The van der Waals surface area contributed by atoms with Crippen LogP contribution in [0.4, 0.5) is 0 Å². The van der Waals surface area contributed by atoms with Crippen LogP contribution in [0.2, 0.25) is 0 Å². The summed E-state index contributed by atoms with van der Waals surface area (Å²) in [5.41, 5.74) is 3.27. The van der Waals surface area contributed by atoms with Crippen molar-refractivity contribution in [3.05, 3.63) is 89.0 Å². The van der Waals surface area contributed by atoms with Crippen LogP contribution >= 0.6 is 0 Å². The van der Waals surface area contributed by atoms with E-state index in [0.717, 1.165) is 24.0 Å². The third kappa shape index (κ3) is 9.91. The van der Waals surface area contributed by atoms with Crippen LogP contribution in [0.25, 0.3) is 0 Å². The summed E-state index contributed by atoms with van der Waals surface area (Å²) in [6.45, 7) is 6.60. The van der Waals surface area contributed by atoms with Crippen molar-refractivity contribution >= 4 is 35.4 Å². The SMILES string of the molecule is CCCc1ccc(C[C@H]2C(=O)N[C@@H](C)C(=O)N(C)[C@H]3Cc4ccc(cc4)Oc4cc(ccc4OC)C[C@@H](C(=O)N[C@@H](C)C(=O)N[C@@H](C)C(=O)N2C)N(C)C3=O)cc1. The second-order valence-electron chi connectivity index (χ2n) is 15.0. The summed E-state index contributed by atoms with van der Waals surface area (Å²) in [6, 6.07) is 13.4. The van der Waals surface area contributed by atoms with E-state index in [0.29, 0.717) is 28.4 Å². The lowest BCUT2D eigenvalue weighted by atomic mass is 9.98. The van der Waals surface area contributed by atoms with Gasteiger partial charge in [-0.05, 0) is 73.7 Å². The zero-order chi connectivity index (χ0) is 41.6. The molecule has 0 spiro atoms. The highest BCUT2D eigenvalue weighted by Crippen LogP contribution is 2.34. The predicted molar refractivity (Wildman–Crippen MR) is 214 cm³/mol. The van der Waals surface area contributed by atoms with E-state index in [2.05, 4.69) is 22.9 Å². The molecule has 3 aliphatic rings. The molecular formula is C43H54N6O8. The number of amides is 6. The van der Waals surface area contributed by atoms with Crippen molar-refractivity contribution in [1.29, 1.82) is 0 Å². The average Bonchev–Trinajstić information content (AvgIpc) is 3.19. The topological polar surface area (TPSA) is 167 Å². The second-order valence-corrected chi connectivity index (χ2v) is 15.0. The summed E-state index contributed by atoms with van der Waals surface area (Å²) in [5, 5.41) is 8.21. The number of carbonyl (C=O) groups is 6. The Labute approximate surface area is 334 Å². The van der Waals surface area contributed by atoms with Gasteiger partial charge in [0.25, 0.3) is 0 Å². The van der Waals surface area contributed by atoms with Gasteiger partial charge in [-0.15, -0.1) is 0 Å². The van der Waals surface area contributed by atoms with Crippen LogP contribution in [-0.4, -0.2) is 115 Å². The number of nitrogens with zero attached hydrogens (tertiary/aromatic N) is 3. The van der Waals surface area contributed by atoms with Crippen LogP contribution < -0.4 is 25.4 Å². The fourth-order valence-electron chi connectivity index (χ4n) is 7.20. The molecule has 6 bridgehead atoms. The second kappa shape index (κ2) is 18.4. The highest BCUT2D eigenvalue weighted by atomic mass is 16.5. The van der Waals surface area contributed by atoms with E-state index in [4.69, 9.17) is 9.47 Å². The summed E-state index contributed by atoms with van der Waals surface area (Å²) in [7, 11) is 5.97. The first-order valence-corrected chi connectivity index (χ1v) is 19.3. The van der Waals surface area contributed by atoms with E-state index >= 15 is 0 Å². The van der Waals surface area contributed by atoms with Crippen LogP contribution in [0.1, 0.15) is 56.4 Å². The lowest BCUT2D eigenvalue weighted by Crippen LogP contribution is -2.61. The molecule has 0 saturated carbocycles. The first-order chi connectivity index (χ1) is 27.1. The lowest BCUT2D eigenvalue weighted by molar-refractivity contribution is -0.149. The number of aryl methyl sites for hydroxylation is 1. The molecule has 3 heterocycles. The Hall–Kier alpha value is -5.92. The number of fused-ring (bicyclic) bond motifs is 2. The van der Waals surface area contributed by atoms with Crippen molar-refractivity contribution in [2.75, 3.05) is 28.3 Å². The van der Waals surface area contributed by atoms with Crippen LogP contribution in [0.5, 0.6) is 17.2 Å². The maximum atomic E-state index is 14.7. The molecular weight excluding hydrogens is 729 g/mol. The zero-order valence-corrected chi connectivity index (χ0v) is 34.0. The van der Waals surface area contributed by atoms with Crippen molar-refractivity contribution in [3.63, 3.8) is 0 Å². The Morgan fingerprint density at radius 3 is 1.81 bits per heavy atom. The molecule has 3 aliphatic heterocycles. The van der Waals surface area contributed by atoms with Gasteiger partial charge in [0.2, 0.25) is 35.4 Å². The molecule has 14 nitrogen and oxygen atoms in total. The Morgan fingerprint density at radius 1 is 0.632 bits per heavy atom. The molecule has 1 fully saturated rings. The van der Waals surface area contributed by atoms with Gasteiger partial charge < -0.3 is 40.1 Å². The van der Waals surface area contributed by atoms with Gasteiger partial charge in [0.1, 0.15) is 42.0 Å². The minimum Gasteiger partial charge on any atom is -0.493 e. The van der Waals surface area contributed by atoms with Crippen molar-refractivity contribution in [2.45, 2.75) is 96.1 Å². The number of hydrogen-bond donors (Lipinski definition) is 3. The number of ether oxygens (including phenoxy) is 2. The van der Waals surface area contributed by atoms with Crippen molar-refractivity contribution in [2.24, 2.45) is 0 Å². The number of benzene rings is 3. The van der Waals surface area contributed by atoms with Gasteiger partial charge in [0, 0.05) is 40.4 Å². The summed E-state index contributed by atoms with van der Waals surface area (Å²) in [4.78, 5) is 88.5. The molecule has 1 saturated heterocycles. The first-order valence-electron chi connectivity index (χ1n) is 19.3. The molecule has 6 atom stereocenters. The molecule has 0 unspecified atom stereocenters. The summed E-state index contributed by atoms with van der Waals surface area (Å²) in [6.07, 6.45) is 2.09. The smallest absolute Gasteiger partial charge is 0.246 e. The van der Waals surface area contributed by atoms with E-state index in [-0.39, 0.29) is 19.3 Å². The number of hydrogen-bond acceptors (Lipinski definition) is 8. The fourth-order valence-corrected chi connectivity index (χ4v) is 7.20. The van der Waals surface area contributed by atoms with Gasteiger partial charge in [0.15, 0.2) is 11.5 Å².